The Bertz CT molecular complexity index is 787. The van der Waals surface area contributed by atoms with Crippen LogP contribution < -0.4 is 16.0 Å². The van der Waals surface area contributed by atoms with Gasteiger partial charge in [0.2, 0.25) is 5.91 Å². The molecule has 0 saturated carbocycles. The van der Waals surface area contributed by atoms with E-state index in [2.05, 4.69) is 15.2 Å². The van der Waals surface area contributed by atoms with Gasteiger partial charge in [0.15, 0.2) is 0 Å². The summed E-state index contributed by atoms with van der Waals surface area (Å²) in [6.45, 7) is 3.19. The van der Waals surface area contributed by atoms with E-state index >= 15 is 0 Å². The second kappa shape index (κ2) is 8.92. The van der Waals surface area contributed by atoms with E-state index in [1.165, 1.54) is 23.5 Å². The zero-order valence-electron chi connectivity index (χ0n) is 14.9. The standard InChI is InChI=1S/C18H22FN5O2S/c19-13-1-3-14(4-2-13)23-7-9-24(10-8-23)17(25)5-6-21-18(26)15-12-27-16(11-20)22-15/h1-4,12H,5-11,20H2,(H,21,26). The first kappa shape index (κ1) is 19.2. The molecule has 3 N–H and O–H groups in total. The first-order valence-corrected chi connectivity index (χ1v) is 9.65. The Morgan fingerprint density at radius 2 is 1.89 bits per heavy atom. The van der Waals surface area contributed by atoms with Gasteiger partial charge in [-0.2, -0.15) is 0 Å². The minimum Gasteiger partial charge on any atom is -0.368 e. The molecule has 0 atom stereocenters. The van der Waals surface area contributed by atoms with Crippen molar-refractivity contribution in [3.63, 3.8) is 0 Å². The summed E-state index contributed by atoms with van der Waals surface area (Å²) in [4.78, 5) is 32.4. The van der Waals surface area contributed by atoms with Crippen molar-refractivity contribution in [1.82, 2.24) is 15.2 Å². The number of carbonyl (C=O) groups is 2. The molecule has 27 heavy (non-hydrogen) atoms. The highest BCUT2D eigenvalue weighted by molar-refractivity contribution is 7.09. The van der Waals surface area contributed by atoms with Crippen LogP contribution in [0.4, 0.5) is 10.1 Å². The van der Waals surface area contributed by atoms with Gasteiger partial charge in [-0.1, -0.05) is 0 Å². The minimum atomic E-state index is -0.292. The number of thiazole rings is 1. The van der Waals surface area contributed by atoms with Crippen molar-refractivity contribution in [1.29, 1.82) is 0 Å². The first-order chi connectivity index (χ1) is 13.1. The second-order valence-corrected chi connectivity index (χ2v) is 7.12. The highest BCUT2D eigenvalue weighted by Gasteiger charge is 2.21. The molecule has 1 fully saturated rings. The number of hydrogen-bond donors (Lipinski definition) is 2. The number of amides is 2. The van der Waals surface area contributed by atoms with Crippen LogP contribution in [0.5, 0.6) is 0 Å². The molecule has 0 bridgehead atoms. The number of nitrogens with two attached hydrogens (primary N) is 1. The lowest BCUT2D eigenvalue weighted by Gasteiger charge is -2.36. The summed E-state index contributed by atoms with van der Waals surface area (Å²) in [6, 6.07) is 6.37. The lowest BCUT2D eigenvalue weighted by molar-refractivity contribution is -0.131. The van der Waals surface area contributed by atoms with Crippen molar-refractivity contribution in [2.75, 3.05) is 37.6 Å². The second-order valence-electron chi connectivity index (χ2n) is 6.18. The van der Waals surface area contributed by atoms with E-state index in [-0.39, 0.29) is 30.6 Å². The third-order valence-corrected chi connectivity index (χ3v) is 5.28. The van der Waals surface area contributed by atoms with Crippen molar-refractivity contribution >= 4 is 28.8 Å². The van der Waals surface area contributed by atoms with Gasteiger partial charge < -0.3 is 20.9 Å². The lowest BCUT2D eigenvalue weighted by Crippen LogP contribution is -2.49. The molecule has 3 rings (SSSR count). The number of nitrogens with one attached hydrogen (secondary N) is 1. The SMILES string of the molecule is NCc1nc(C(=O)NCCC(=O)N2CCN(c3ccc(F)cc3)CC2)cs1. The molecule has 0 spiro atoms. The predicted molar refractivity (Wildman–Crippen MR) is 102 cm³/mol. The Morgan fingerprint density at radius 1 is 1.19 bits per heavy atom. The van der Waals surface area contributed by atoms with Crippen LogP contribution >= 0.6 is 11.3 Å². The van der Waals surface area contributed by atoms with Crippen molar-refractivity contribution in [3.8, 4) is 0 Å². The Hall–Kier alpha value is -2.52. The van der Waals surface area contributed by atoms with E-state index in [1.54, 1.807) is 22.4 Å². The number of aromatic nitrogens is 1. The molecule has 1 aromatic heterocycles. The number of benzene rings is 1. The molecule has 1 aromatic carbocycles. The van der Waals surface area contributed by atoms with Crippen molar-refractivity contribution in [3.05, 3.63) is 46.2 Å². The van der Waals surface area contributed by atoms with Crippen LogP contribution in [0, 0.1) is 5.82 Å². The molecule has 1 aliphatic rings. The van der Waals surface area contributed by atoms with Crippen LogP contribution in [0.25, 0.3) is 0 Å². The van der Waals surface area contributed by atoms with Gasteiger partial charge in [0.05, 0.1) is 0 Å². The number of hydrogen-bond acceptors (Lipinski definition) is 6. The zero-order chi connectivity index (χ0) is 19.2. The van der Waals surface area contributed by atoms with Gasteiger partial charge in [-0.3, -0.25) is 9.59 Å². The lowest BCUT2D eigenvalue weighted by atomic mass is 10.2. The van der Waals surface area contributed by atoms with Crippen LogP contribution in [0.15, 0.2) is 29.6 Å². The van der Waals surface area contributed by atoms with Crippen LogP contribution in [-0.4, -0.2) is 54.4 Å². The summed E-state index contributed by atoms with van der Waals surface area (Å²) in [5, 5.41) is 5.08. The summed E-state index contributed by atoms with van der Waals surface area (Å²) >= 11 is 1.34. The molecule has 1 saturated heterocycles. The van der Waals surface area contributed by atoms with E-state index < -0.39 is 0 Å². The van der Waals surface area contributed by atoms with E-state index in [0.29, 0.717) is 43.4 Å². The maximum Gasteiger partial charge on any atom is 0.270 e. The predicted octanol–water partition coefficient (Wildman–Crippen LogP) is 1.21. The number of anilines is 1. The number of nitrogens with zero attached hydrogens (tertiary/aromatic N) is 3. The molecule has 0 radical (unpaired) electrons. The molecule has 9 heteroatoms. The van der Waals surface area contributed by atoms with Crippen LogP contribution in [0.1, 0.15) is 21.9 Å². The molecule has 2 heterocycles. The van der Waals surface area contributed by atoms with Gasteiger partial charge in [-0.15, -0.1) is 11.3 Å². The largest absolute Gasteiger partial charge is 0.368 e. The fourth-order valence-corrected chi connectivity index (χ4v) is 3.56. The highest BCUT2D eigenvalue weighted by atomic mass is 32.1. The average molecular weight is 391 g/mol. The Labute approximate surface area is 161 Å². The van der Waals surface area contributed by atoms with E-state index in [9.17, 15) is 14.0 Å². The van der Waals surface area contributed by atoms with Crippen LogP contribution in [0.2, 0.25) is 0 Å². The summed E-state index contributed by atoms with van der Waals surface area (Å²) in [6.07, 6.45) is 0.246. The molecule has 1 aliphatic heterocycles. The smallest absolute Gasteiger partial charge is 0.270 e. The minimum absolute atomic E-state index is 0.00924. The van der Waals surface area contributed by atoms with E-state index in [4.69, 9.17) is 5.73 Å². The monoisotopic (exact) mass is 391 g/mol. The van der Waals surface area contributed by atoms with Gasteiger partial charge in [0, 0.05) is 56.8 Å². The molecule has 0 unspecified atom stereocenters. The van der Waals surface area contributed by atoms with Gasteiger partial charge in [0.25, 0.3) is 5.91 Å². The fraction of sp³-hybridized carbons (Fsp3) is 0.389. The maximum atomic E-state index is 13.0. The quantitative estimate of drug-likeness (QED) is 0.772. The summed E-state index contributed by atoms with van der Waals surface area (Å²) in [5.74, 6) is -0.540. The van der Waals surface area contributed by atoms with Gasteiger partial charge >= 0.3 is 0 Å². The first-order valence-electron chi connectivity index (χ1n) is 8.78. The van der Waals surface area contributed by atoms with Crippen molar-refractivity contribution in [2.45, 2.75) is 13.0 Å². The van der Waals surface area contributed by atoms with Gasteiger partial charge in [-0.05, 0) is 24.3 Å². The van der Waals surface area contributed by atoms with Gasteiger partial charge in [0.1, 0.15) is 16.5 Å². The third-order valence-electron chi connectivity index (χ3n) is 4.41. The molecular weight excluding hydrogens is 369 g/mol. The maximum absolute atomic E-state index is 13.0. The normalized spacial score (nSPS) is 14.3. The Morgan fingerprint density at radius 3 is 2.52 bits per heavy atom. The molecule has 7 nitrogen and oxygen atoms in total. The summed E-state index contributed by atoms with van der Waals surface area (Å²) in [7, 11) is 0. The van der Waals surface area contributed by atoms with Crippen molar-refractivity contribution in [2.24, 2.45) is 5.73 Å². The van der Waals surface area contributed by atoms with Crippen LogP contribution in [-0.2, 0) is 11.3 Å². The molecule has 2 amide bonds. The molecule has 2 aromatic rings. The molecule has 0 aliphatic carbocycles. The van der Waals surface area contributed by atoms with E-state index in [0.717, 1.165) is 5.69 Å². The van der Waals surface area contributed by atoms with Crippen molar-refractivity contribution < 1.29 is 14.0 Å². The number of rotatable bonds is 6. The number of carbonyl (C=O) groups excluding carboxylic acids is 2. The highest BCUT2D eigenvalue weighted by Crippen LogP contribution is 2.17. The summed E-state index contributed by atoms with van der Waals surface area (Å²) < 4.78 is 13.0. The fourth-order valence-electron chi connectivity index (χ4n) is 2.91. The summed E-state index contributed by atoms with van der Waals surface area (Å²) in [5.41, 5.74) is 6.77. The number of piperazine rings is 1. The topological polar surface area (TPSA) is 91.6 Å². The van der Waals surface area contributed by atoms with E-state index in [1.807, 2.05) is 0 Å². The van der Waals surface area contributed by atoms with Crippen LogP contribution in [0.3, 0.4) is 0 Å². The Kier molecular flexibility index (Phi) is 6.36. The Balaban J connectivity index is 1.40. The molecule has 144 valence electrons. The molecular formula is C18H22FN5O2S. The van der Waals surface area contributed by atoms with Gasteiger partial charge in [-0.25, -0.2) is 9.37 Å². The average Bonchev–Trinajstić information content (AvgIpc) is 3.18. The number of halogens is 1. The third kappa shape index (κ3) is 5.01. The zero-order valence-corrected chi connectivity index (χ0v) is 15.7.